The Morgan fingerprint density at radius 1 is 1.00 bits per heavy atom. The van der Waals surface area contributed by atoms with E-state index in [-0.39, 0.29) is 0 Å². The van der Waals surface area contributed by atoms with Gasteiger partial charge in [-0.3, -0.25) is 9.89 Å². The molecule has 166 valence electrons. The van der Waals surface area contributed by atoms with E-state index in [1.54, 1.807) is 11.3 Å². The lowest BCUT2D eigenvalue weighted by molar-refractivity contribution is 0.243. The molecule has 0 saturated heterocycles. The summed E-state index contributed by atoms with van der Waals surface area (Å²) < 4.78 is 2.00. The Labute approximate surface area is 197 Å². The molecule has 0 aliphatic carbocycles. The SMILES string of the molecule is c1ccc(-n2cc(CN3CCc4nc(C5=NCCCC5)ncc4C3)c(-c3cccs3)n2)cc1. The molecule has 2 aliphatic rings. The zero-order valence-corrected chi connectivity index (χ0v) is 19.3. The van der Waals surface area contributed by atoms with E-state index in [0.29, 0.717) is 0 Å². The van der Waals surface area contributed by atoms with E-state index in [2.05, 4.69) is 62.9 Å². The van der Waals surface area contributed by atoms with E-state index in [0.717, 1.165) is 61.9 Å². The first-order valence-corrected chi connectivity index (χ1v) is 12.5. The summed E-state index contributed by atoms with van der Waals surface area (Å²) in [6.07, 6.45) is 8.52. The lowest BCUT2D eigenvalue weighted by atomic mass is 10.0. The lowest BCUT2D eigenvalue weighted by Crippen LogP contribution is -2.31. The van der Waals surface area contributed by atoms with Crippen LogP contribution in [-0.4, -0.2) is 43.4 Å². The summed E-state index contributed by atoms with van der Waals surface area (Å²) in [4.78, 5) is 17.9. The Kier molecular flexibility index (Phi) is 5.58. The molecule has 0 unspecified atom stereocenters. The van der Waals surface area contributed by atoms with Crippen LogP contribution in [0.25, 0.3) is 16.3 Å². The van der Waals surface area contributed by atoms with Crippen molar-refractivity contribution in [2.75, 3.05) is 13.1 Å². The first-order chi connectivity index (χ1) is 16.3. The maximum absolute atomic E-state index is 4.96. The highest BCUT2D eigenvalue weighted by molar-refractivity contribution is 7.13. The summed E-state index contributed by atoms with van der Waals surface area (Å²) in [7, 11) is 0. The summed E-state index contributed by atoms with van der Waals surface area (Å²) in [6.45, 7) is 3.61. The van der Waals surface area contributed by atoms with E-state index >= 15 is 0 Å². The number of benzene rings is 1. The van der Waals surface area contributed by atoms with Gasteiger partial charge in [-0.25, -0.2) is 14.6 Å². The summed E-state index contributed by atoms with van der Waals surface area (Å²) >= 11 is 1.74. The average molecular weight is 455 g/mol. The maximum atomic E-state index is 4.96. The Morgan fingerprint density at radius 3 is 2.76 bits per heavy atom. The van der Waals surface area contributed by atoms with Crippen molar-refractivity contribution >= 4 is 17.0 Å². The van der Waals surface area contributed by atoms with Crippen LogP contribution in [0.4, 0.5) is 0 Å². The van der Waals surface area contributed by atoms with E-state index in [1.165, 1.54) is 34.5 Å². The average Bonchev–Trinajstić information content (AvgIpc) is 3.55. The van der Waals surface area contributed by atoms with E-state index in [9.17, 15) is 0 Å². The van der Waals surface area contributed by atoms with Gasteiger partial charge in [0, 0.05) is 56.1 Å². The number of hydrogen-bond acceptors (Lipinski definition) is 6. The van der Waals surface area contributed by atoms with Gasteiger partial charge < -0.3 is 0 Å². The molecule has 1 aromatic carbocycles. The summed E-state index contributed by atoms with van der Waals surface area (Å²) in [5.74, 6) is 0.839. The Hall–Kier alpha value is -3.16. The minimum absolute atomic E-state index is 0.839. The molecule has 5 heterocycles. The number of aliphatic imine (C=N–C) groups is 1. The van der Waals surface area contributed by atoms with Gasteiger partial charge in [0.05, 0.1) is 22.0 Å². The number of thiophene rings is 1. The highest BCUT2D eigenvalue weighted by Crippen LogP contribution is 2.30. The number of hydrogen-bond donors (Lipinski definition) is 0. The number of para-hydroxylation sites is 1. The standard InChI is InChI=1S/C26H26N6S/c1-2-7-21(8-3-1)32-18-20(25(30-32)24-10-6-14-33-24)17-31-13-11-22-19(16-31)15-28-26(29-22)23-9-4-5-12-27-23/h1-3,6-8,10,14-15,18H,4-5,9,11-13,16-17H2. The molecule has 0 bridgehead atoms. The zero-order chi connectivity index (χ0) is 22.0. The van der Waals surface area contributed by atoms with Gasteiger partial charge in [0.1, 0.15) is 5.69 Å². The number of fused-ring (bicyclic) bond motifs is 1. The molecule has 7 heteroatoms. The maximum Gasteiger partial charge on any atom is 0.173 e. The molecule has 0 radical (unpaired) electrons. The first-order valence-electron chi connectivity index (χ1n) is 11.6. The molecular weight excluding hydrogens is 428 g/mol. The number of rotatable bonds is 5. The van der Waals surface area contributed by atoms with Crippen LogP contribution in [0.2, 0.25) is 0 Å². The highest BCUT2D eigenvalue weighted by atomic mass is 32.1. The van der Waals surface area contributed by atoms with E-state index in [4.69, 9.17) is 10.1 Å². The molecule has 0 fully saturated rings. The third kappa shape index (κ3) is 4.26. The highest BCUT2D eigenvalue weighted by Gasteiger charge is 2.22. The second-order valence-corrected chi connectivity index (χ2v) is 9.62. The normalized spacial score (nSPS) is 16.4. The fourth-order valence-electron chi connectivity index (χ4n) is 4.63. The second kappa shape index (κ2) is 9.00. The van der Waals surface area contributed by atoms with Gasteiger partial charge in [0.15, 0.2) is 5.82 Å². The van der Waals surface area contributed by atoms with Gasteiger partial charge in [-0.15, -0.1) is 11.3 Å². The van der Waals surface area contributed by atoms with Crippen LogP contribution in [-0.2, 0) is 19.5 Å². The van der Waals surface area contributed by atoms with Crippen LogP contribution in [0, 0.1) is 0 Å². The smallest absolute Gasteiger partial charge is 0.173 e. The van der Waals surface area contributed by atoms with Crippen LogP contribution in [0.5, 0.6) is 0 Å². The Bertz CT molecular complexity index is 1280. The molecule has 6 nitrogen and oxygen atoms in total. The Balaban J connectivity index is 1.25. The monoisotopic (exact) mass is 454 g/mol. The van der Waals surface area contributed by atoms with E-state index < -0.39 is 0 Å². The Morgan fingerprint density at radius 2 is 1.94 bits per heavy atom. The van der Waals surface area contributed by atoms with Gasteiger partial charge in [0.2, 0.25) is 0 Å². The van der Waals surface area contributed by atoms with Crippen LogP contribution in [0.1, 0.15) is 41.9 Å². The number of nitrogens with zero attached hydrogens (tertiary/aromatic N) is 6. The largest absolute Gasteiger partial charge is 0.294 e. The van der Waals surface area contributed by atoms with Crippen molar-refractivity contribution in [3.05, 3.63) is 82.9 Å². The quantitative estimate of drug-likeness (QED) is 0.429. The fraction of sp³-hybridized carbons (Fsp3) is 0.308. The molecule has 0 amide bonds. The van der Waals surface area contributed by atoms with Crippen molar-refractivity contribution in [3.63, 3.8) is 0 Å². The van der Waals surface area contributed by atoms with Crippen molar-refractivity contribution in [3.8, 4) is 16.3 Å². The topological polar surface area (TPSA) is 59.2 Å². The van der Waals surface area contributed by atoms with Crippen molar-refractivity contribution < 1.29 is 0 Å². The third-order valence-electron chi connectivity index (χ3n) is 6.35. The lowest BCUT2D eigenvalue weighted by Gasteiger charge is -2.28. The van der Waals surface area contributed by atoms with Gasteiger partial charge >= 0.3 is 0 Å². The second-order valence-electron chi connectivity index (χ2n) is 8.67. The third-order valence-corrected chi connectivity index (χ3v) is 7.23. The molecule has 3 aromatic heterocycles. The van der Waals surface area contributed by atoms with Crippen molar-refractivity contribution in [1.29, 1.82) is 0 Å². The summed E-state index contributed by atoms with van der Waals surface area (Å²) in [6, 6.07) is 14.6. The van der Waals surface area contributed by atoms with Gasteiger partial charge in [0.25, 0.3) is 0 Å². The minimum Gasteiger partial charge on any atom is -0.294 e. The molecular formula is C26H26N6S. The van der Waals surface area contributed by atoms with Crippen LogP contribution in [0.15, 0.2) is 65.2 Å². The minimum atomic E-state index is 0.839. The van der Waals surface area contributed by atoms with Crippen molar-refractivity contribution in [2.24, 2.45) is 4.99 Å². The molecule has 0 saturated carbocycles. The van der Waals surface area contributed by atoms with Crippen LogP contribution in [0.3, 0.4) is 0 Å². The summed E-state index contributed by atoms with van der Waals surface area (Å²) in [5, 5.41) is 7.07. The predicted octanol–water partition coefficient (Wildman–Crippen LogP) is 4.92. The van der Waals surface area contributed by atoms with Gasteiger partial charge in [-0.1, -0.05) is 24.3 Å². The molecule has 0 N–H and O–H groups in total. The zero-order valence-electron chi connectivity index (χ0n) is 18.5. The summed E-state index contributed by atoms with van der Waals surface area (Å²) in [5.41, 5.74) is 6.90. The molecule has 6 rings (SSSR count). The van der Waals surface area contributed by atoms with Gasteiger partial charge in [-0.2, -0.15) is 5.10 Å². The first kappa shape index (κ1) is 20.4. The van der Waals surface area contributed by atoms with Gasteiger partial charge in [-0.05, 0) is 42.8 Å². The molecule has 33 heavy (non-hydrogen) atoms. The molecule has 0 spiro atoms. The number of aromatic nitrogens is 4. The van der Waals surface area contributed by atoms with Crippen LogP contribution >= 0.6 is 11.3 Å². The van der Waals surface area contributed by atoms with Crippen molar-refractivity contribution in [2.45, 2.75) is 38.8 Å². The molecule has 0 atom stereocenters. The molecule has 2 aliphatic heterocycles. The molecule has 4 aromatic rings. The van der Waals surface area contributed by atoms with E-state index in [1.807, 2.05) is 16.9 Å². The fourth-order valence-corrected chi connectivity index (χ4v) is 5.37. The predicted molar refractivity (Wildman–Crippen MR) is 132 cm³/mol. The van der Waals surface area contributed by atoms with Crippen LogP contribution < -0.4 is 0 Å². The van der Waals surface area contributed by atoms with Crippen molar-refractivity contribution in [1.82, 2.24) is 24.6 Å².